The van der Waals surface area contributed by atoms with Crippen molar-refractivity contribution in [3.05, 3.63) is 53.2 Å². The van der Waals surface area contributed by atoms with Crippen LogP contribution < -0.4 is 14.9 Å². The molecule has 0 amide bonds. The third-order valence-corrected chi connectivity index (χ3v) is 8.21. The number of fused-ring (bicyclic) bond motifs is 1. The van der Waals surface area contributed by atoms with E-state index in [0.29, 0.717) is 41.7 Å². The maximum atomic E-state index is 14.4. The van der Waals surface area contributed by atoms with E-state index in [1.165, 1.54) is 11.6 Å². The largest absolute Gasteiger partial charge is 0.358 e. The maximum absolute atomic E-state index is 14.4. The molecule has 3 aromatic heterocycles. The van der Waals surface area contributed by atoms with Crippen LogP contribution in [0.3, 0.4) is 0 Å². The Morgan fingerprint density at radius 2 is 1.80 bits per heavy atom. The molecular formula is C27H32F2N8O3S. The van der Waals surface area contributed by atoms with Crippen molar-refractivity contribution >= 4 is 49.9 Å². The van der Waals surface area contributed by atoms with Gasteiger partial charge in [0, 0.05) is 19.7 Å². The van der Waals surface area contributed by atoms with E-state index in [1.807, 2.05) is 26.8 Å². The second kappa shape index (κ2) is 11.2. The third kappa shape index (κ3) is 5.93. The van der Waals surface area contributed by atoms with Crippen LogP contribution in [0.15, 0.2) is 30.5 Å². The molecule has 0 saturated carbocycles. The van der Waals surface area contributed by atoms with Crippen LogP contribution in [-0.4, -0.2) is 52.8 Å². The number of benzene rings is 1. The molecule has 1 fully saturated rings. The Labute approximate surface area is 237 Å². The molecule has 218 valence electrons. The van der Waals surface area contributed by atoms with Gasteiger partial charge in [-0.2, -0.15) is 0 Å². The van der Waals surface area contributed by atoms with Gasteiger partial charge < -0.3 is 15.4 Å². The molecule has 0 radical (unpaired) electrons. The number of halogens is 2. The summed E-state index contributed by atoms with van der Waals surface area (Å²) in [5, 5.41) is 6.37. The number of hydrogen-bond acceptors (Lipinski definition) is 9. The lowest BCUT2D eigenvalue weighted by molar-refractivity contribution is -0.0363. The molecule has 1 aliphatic heterocycles. The number of aryl methyl sites for hydroxylation is 3. The zero-order chi connectivity index (χ0) is 29.5. The van der Waals surface area contributed by atoms with Gasteiger partial charge in [0.15, 0.2) is 11.5 Å². The van der Waals surface area contributed by atoms with Gasteiger partial charge in [-0.1, -0.05) is 6.07 Å². The van der Waals surface area contributed by atoms with E-state index in [1.54, 1.807) is 24.4 Å². The monoisotopic (exact) mass is 586 g/mol. The van der Waals surface area contributed by atoms with Crippen LogP contribution in [0.4, 0.5) is 37.5 Å². The highest BCUT2D eigenvalue weighted by Gasteiger charge is 2.29. The summed E-state index contributed by atoms with van der Waals surface area (Å²) in [6, 6.07) is 6.90. The Balaban J connectivity index is 1.70. The summed E-state index contributed by atoms with van der Waals surface area (Å²) in [7, 11) is -2.15. The van der Waals surface area contributed by atoms with Crippen molar-refractivity contribution in [2.45, 2.75) is 52.7 Å². The molecule has 4 aromatic rings. The molecule has 4 heterocycles. The number of imidazole rings is 1. The van der Waals surface area contributed by atoms with Crippen molar-refractivity contribution in [1.29, 1.82) is 0 Å². The van der Waals surface area contributed by atoms with Crippen molar-refractivity contribution in [3.8, 4) is 0 Å². The average Bonchev–Trinajstić information content (AvgIpc) is 3.31. The molecule has 1 atom stereocenters. The highest BCUT2D eigenvalue weighted by molar-refractivity contribution is 7.92. The van der Waals surface area contributed by atoms with Gasteiger partial charge in [0.2, 0.25) is 10.0 Å². The lowest BCUT2D eigenvalue weighted by Gasteiger charge is -2.25. The molecule has 1 saturated heterocycles. The van der Waals surface area contributed by atoms with Gasteiger partial charge in [0.25, 0.3) is 6.43 Å². The van der Waals surface area contributed by atoms with E-state index in [-0.39, 0.29) is 11.2 Å². The van der Waals surface area contributed by atoms with Crippen molar-refractivity contribution < 1.29 is 21.9 Å². The Kier molecular flexibility index (Phi) is 7.79. The normalized spacial score (nSPS) is 15.9. The molecule has 1 aromatic carbocycles. The minimum absolute atomic E-state index is 0.194. The molecule has 0 spiro atoms. The van der Waals surface area contributed by atoms with Crippen LogP contribution in [0, 0.1) is 20.8 Å². The Morgan fingerprint density at radius 3 is 2.46 bits per heavy atom. The molecule has 1 unspecified atom stereocenters. The van der Waals surface area contributed by atoms with E-state index >= 15 is 0 Å². The fraction of sp³-hybridized carbons (Fsp3) is 0.407. The molecule has 0 aliphatic carbocycles. The number of sulfonamides is 1. The molecule has 5 rings (SSSR count). The number of anilines is 5. The number of hydrogen-bond donors (Lipinski definition) is 2. The minimum Gasteiger partial charge on any atom is -0.358 e. The van der Waals surface area contributed by atoms with Crippen LogP contribution in [0.25, 0.3) is 11.2 Å². The number of nitrogens with zero attached hydrogens (tertiary/aromatic N) is 6. The smallest absolute Gasteiger partial charge is 0.295 e. The highest BCUT2D eigenvalue weighted by Crippen LogP contribution is 2.38. The van der Waals surface area contributed by atoms with Gasteiger partial charge in [-0.15, -0.1) is 0 Å². The lowest BCUT2D eigenvalue weighted by atomic mass is 10.1. The zero-order valence-electron chi connectivity index (χ0n) is 23.4. The number of alkyl halides is 2. The molecule has 14 heteroatoms. The van der Waals surface area contributed by atoms with E-state index in [0.717, 1.165) is 40.4 Å². The summed E-state index contributed by atoms with van der Waals surface area (Å²) in [6.45, 7) is 5.97. The van der Waals surface area contributed by atoms with Gasteiger partial charge in [0.05, 0.1) is 40.9 Å². The number of rotatable bonds is 8. The van der Waals surface area contributed by atoms with Crippen LogP contribution in [0.5, 0.6) is 0 Å². The molecule has 41 heavy (non-hydrogen) atoms. The second-order valence-electron chi connectivity index (χ2n) is 10.1. The molecule has 0 bridgehead atoms. The minimum atomic E-state index is -3.60. The van der Waals surface area contributed by atoms with E-state index < -0.39 is 28.5 Å². The first-order chi connectivity index (χ1) is 19.4. The number of aromatic nitrogens is 5. The van der Waals surface area contributed by atoms with Gasteiger partial charge in [-0.25, -0.2) is 32.2 Å². The number of nitrogens with one attached hydrogen (secondary N) is 2. The standard InChI is InChI=1S/C27H32F2N8O3S/c1-15-9-10-18(20(12-15)36(4)41(5,38)39)32-19-13-21(33-22-14-30-16(2)17(3)31-22)34-26-24(19)35-27(25(28)29)37(26)23-8-6-7-11-40-23/h9-10,12-14,23,25H,6-8,11H2,1-5H3,(H2,31,32,33,34). The summed E-state index contributed by atoms with van der Waals surface area (Å²) in [6.07, 6.45) is 1.34. The maximum Gasteiger partial charge on any atom is 0.295 e. The first kappa shape index (κ1) is 28.6. The highest BCUT2D eigenvalue weighted by atomic mass is 32.2. The quantitative estimate of drug-likeness (QED) is 0.269. The molecule has 2 N–H and O–H groups in total. The first-order valence-electron chi connectivity index (χ1n) is 13.1. The fourth-order valence-corrected chi connectivity index (χ4v) is 5.18. The molecule has 11 nitrogen and oxygen atoms in total. The topological polar surface area (TPSA) is 127 Å². The Hall–Kier alpha value is -3.91. The van der Waals surface area contributed by atoms with Crippen LogP contribution in [-0.2, 0) is 14.8 Å². The van der Waals surface area contributed by atoms with E-state index in [2.05, 4.69) is 30.6 Å². The van der Waals surface area contributed by atoms with Crippen molar-refractivity contribution in [3.63, 3.8) is 0 Å². The molecule has 1 aliphatic rings. The second-order valence-corrected chi connectivity index (χ2v) is 12.1. The molecular weight excluding hydrogens is 554 g/mol. The predicted molar refractivity (Wildman–Crippen MR) is 154 cm³/mol. The van der Waals surface area contributed by atoms with Crippen LogP contribution in [0.2, 0.25) is 0 Å². The summed E-state index contributed by atoms with van der Waals surface area (Å²) in [5.74, 6) is 0.274. The number of ether oxygens (including phenoxy) is 1. The van der Waals surface area contributed by atoms with E-state index in [4.69, 9.17) is 4.74 Å². The van der Waals surface area contributed by atoms with Crippen LogP contribution >= 0.6 is 0 Å². The van der Waals surface area contributed by atoms with Crippen molar-refractivity contribution in [2.75, 3.05) is 34.8 Å². The Morgan fingerprint density at radius 1 is 1.02 bits per heavy atom. The fourth-order valence-electron chi connectivity index (χ4n) is 4.67. The third-order valence-electron chi connectivity index (χ3n) is 7.02. The van der Waals surface area contributed by atoms with Gasteiger partial charge >= 0.3 is 0 Å². The van der Waals surface area contributed by atoms with Crippen molar-refractivity contribution in [2.24, 2.45) is 0 Å². The summed E-state index contributed by atoms with van der Waals surface area (Å²) in [4.78, 5) is 17.8. The van der Waals surface area contributed by atoms with Gasteiger partial charge in [-0.3, -0.25) is 13.9 Å². The van der Waals surface area contributed by atoms with Gasteiger partial charge in [-0.05, 0) is 57.7 Å². The predicted octanol–water partition coefficient (Wildman–Crippen LogP) is 5.67. The summed E-state index contributed by atoms with van der Waals surface area (Å²) < 4.78 is 62.0. The average molecular weight is 587 g/mol. The number of pyridine rings is 1. The first-order valence-corrected chi connectivity index (χ1v) is 15.0. The Bertz CT molecular complexity index is 1700. The van der Waals surface area contributed by atoms with E-state index in [9.17, 15) is 17.2 Å². The SMILES string of the molecule is Cc1ccc(Nc2cc(Nc3cnc(C)c(C)n3)nc3c2nc(C(F)F)n3C2CCCCO2)c(N(C)S(C)(=O)=O)c1. The summed E-state index contributed by atoms with van der Waals surface area (Å²) in [5.41, 5.74) is 3.90. The zero-order valence-corrected chi connectivity index (χ0v) is 24.3. The van der Waals surface area contributed by atoms with Crippen molar-refractivity contribution in [1.82, 2.24) is 24.5 Å². The van der Waals surface area contributed by atoms with Crippen LogP contribution in [0.1, 0.15) is 54.7 Å². The van der Waals surface area contributed by atoms with Gasteiger partial charge in [0.1, 0.15) is 23.4 Å². The summed E-state index contributed by atoms with van der Waals surface area (Å²) >= 11 is 0. The lowest BCUT2D eigenvalue weighted by Crippen LogP contribution is -2.25.